The molecular weight excluding hydrogens is 924 g/mol. The van der Waals surface area contributed by atoms with Gasteiger partial charge in [0, 0.05) is 48.6 Å². The molecule has 0 radical (unpaired) electrons. The van der Waals surface area contributed by atoms with Gasteiger partial charge in [-0.3, -0.25) is 33.7 Å². The molecule has 3 aliphatic heterocycles. The minimum Gasteiger partial charge on any atom is -0.458 e. The number of unbranched alkanes of at least 4 members (excludes halogenated alkanes) is 5. The number of likely N-dealkylation sites (tertiary alicyclic amines) is 1. The molecule has 2 unspecified atom stereocenters. The Labute approximate surface area is 422 Å². The molecule has 394 valence electrons. The number of hydrogen-bond donors (Lipinski definition) is 4. The molecule has 0 spiro atoms. The second kappa shape index (κ2) is 24.0. The molecule has 1 aromatic carbocycles. The van der Waals surface area contributed by atoms with Gasteiger partial charge >= 0.3 is 5.97 Å². The van der Waals surface area contributed by atoms with E-state index in [2.05, 4.69) is 36.7 Å². The third-order valence-electron chi connectivity index (χ3n) is 15.6. The van der Waals surface area contributed by atoms with Gasteiger partial charge in [-0.05, 0) is 106 Å². The first-order valence-electron chi connectivity index (χ1n) is 26.4. The summed E-state index contributed by atoms with van der Waals surface area (Å²) in [6.07, 6.45) is 9.57. The summed E-state index contributed by atoms with van der Waals surface area (Å²) in [6, 6.07) is 1.29. The molecular formula is C55H77FN6O10. The number of imide groups is 1. The van der Waals surface area contributed by atoms with Crippen molar-refractivity contribution in [3.63, 3.8) is 0 Å². The largest absolute Gasteiger partial charge is 0.458 e. The van der Waals surface area contributed by atoms with E-state index >= 15 is 4.39 Å². The van der Waals surface area contributed by atoms with E-state index in [0.717, 1.165) is 54.2 Å². The van der Waals surface area contributed by atoms with Gasteiger partial charge in [-0.15, -0.1) is 0 Å². The van der Waals surface area contributed by atoms with Crippen LogP contribution in [-0.2, 0) is 69.8 Å². The Hall–Kier alpha value is -5.55. The van der Waals surface area contributed by atoms with Gasteiger partial charge < -0.3 is 35.1 Å². The zero-order valence-electron chi connectivity index (χ0n) is 43.9. The first-order valence-corrected chi connectivity index (χ1v) is 26.4. The van der Waals surface area contributed by atoms with Gasteiger partial charge in [-0.25, -0.2) is 14.2 Å². The van der Waals surface area contributed by atoms with Crippen LogP contribution in [0.25, 0.3) is 22.3 Å². The number of aliphatic hydroxyl groups is 1. The van der Waals surface area contributed by atoms with Crippen LogP contribution in [0.1, 0.15) is 172 Å². The number of rotatable bonds is 26. The lowest BCUT2D eigenvalue weighted by atomic mass is 9.70. The molecule has 1 saturated heterocycles. The summed E-state index contributed by atoms with van der Waals surface area (Å²) in [6.45, 7) is 17.5. The Morgan fingerprint density at radius 2 is 1.71 bits per heavy atom. The van der Waals surface area contributed by atoms with E-state index in [4.69, 9.17) is 14.5 Å². The highest BCUT2D eigenvalue weighted by Crippen LogP contribution is 2.44. The van der Waals surface area contributed by atoms with Crippen molar-refractivity contribution < 1.29 is 47.7 Å². The van der Waals surface area contributed by atoms with Crippen molar-refractivity contribution in [3.05, 3.63) is 61.7 Å². The number of fused-ring (bicyclic) bond motifs is 5. The first-order chi connectivity index (χ1) is 34.3. The number of amides is 5. The van der Waals surface area contributed by atoms with Gasteiger partial charge in [0.25, 0.3) is 5.56 Å². The molecule has 3 aliphatic rings. The molecule has 1 fully saturated rings. The fraction of sp³-hybridized carbons (Fsp3) is 0.636. The second-order valence-electron chi connectivity index (χ2n) is 20.7. The summed E-state index contributed by atoms with van der Waals surface area (Å²) in [5.74, 6) is -3.20. The molecule has 3 aromatic rings. The maximum atomic E-state index is 15.6. The summed E-state index contributed by atoms with van der Waals surface area (Å²) in [4.78, 5) is 98.2. The van der Waals surface area contributed by atoms with E-state index < -0.39 is 41.3 Å². The minimum absolute atomic E-state index is 0.0234. The highest BCUT2D eigenvalue weighted by Gasteiger charge is 2.48. The lowest BCUT2D eigenvalue weighted by Crippen LogP contribution is -2.54. The van der Waals surface area contributed by atoms with Crippen LogP contribution in [0.5, 0.6) is 0 Å². The van der Waals surface area contributed by atoms with Crippen LogP contribution in [0, 0.1) is 30.0 Å². The van der Waals surface area contributed by atoms with E-state index in [1.54, 1.807) is 31.4 Å². The Bertz CT molecular complexity index is 2610. The third kappa shape index (κ3) is 11.6. The van der Waals surface area contributed by atoms with Gasteiger partial charge in [-0.2, -0.15) is 0 Å². The van der Waals surface area contributed by atoms with Gasteiger partial charge in [0.1, 0.15) is 31.2 Å². The van der Waals surface area contributed by atoms with Crippen molar-refractivity contribution >= 4 is 46.4 Å². The van der Waals surface area contributed by atoms with E-state index in [1.807, 2.05) is 20.8 Å². The number of halogens is 1. The fourth-order valence-electron chi connectivity index (χ4n) is 10.8. The number of esters is 1. The van der Waals surface area contributed by atoms with Crippen LogP contribution in [0.2, 0.25) is 0 Å². The number of cyclic esters (lactones) is 1. The topological polar surface area (TPSA) is 215 Å². The Morgan fingerprint density at radius 1 is 0.958 bits per heavy atom. The molecule has 17 heteroatoms. The normalized spacial score (nSPS) is 18.9. The number of nitrogens with one attached hydrogen (secondary N) is 3. The highest BCUT2D eigenvalue weighted by molar-refractivity contribution is 6.04. The quantitative estimate of drug-likeness (QED) is 0.0216. The molecule has 72 heavy (non-hydrogen) atoms. The first kappa shape index (κ1) is 55.8. The number of hydrogen-bond acceptors (Lipinski definition) is 11. The number of pyridine rings is 2. The van der Waals surface area contributed by atoms with Crippen molar-refractivity contribution in [2.45, 2.75) is 189 Å². The lowest BCUT2D eigenvalue weighted by molar-refractivity contribution is -0.172. The van der Waals surface area contributed by atoms with E-state index in [-0.39, 0.29) is 90.8 Å². The number of carbonyl (C=O) groups is 6. The summed E-state index contributed by atoms with van der Waals surface area (Å²) in [7, 11) is 0. The van der Waals surface area contributed by atoms with Gasteiger partial charge in [-0.1, -0.05) is 74.1 Å². The maximum Gasteiger partial charge on any atom is 0.343 e. The Balaban J connectivity index is 0.938. The van der Waals surface area contributed by atoms with Crippen molar-refractivity contribution in [1.29, 1.82) is 0 Å². The predicted octanol–water partition coefficient (Wildman–Crippen LogP) is 7.08. The minimum atomic E-state index is -1.96. The van der Waals surface area contributed by atoms with Crippen molar-refractivity contribution in [3.8, 4) is 11.4 Å². The zero-order valence-corrected chi connectivity index (χ0v) is 43.9. The molecule has 6 rings (SSSR count). The van der Waals surface area contributed by atoms with Crippen molar-refractivity contribution in [2.24, 2.45) is 17.3 Å². The fourth-order valence-corrected chi connectivity index (χ4v) is 10.8. The lowest BCUT2D eigenvalue weighted by Gasteiger charge is -2.33. The monoisotopic (exact) mass is 1000 g/mol. The van der Waals surface area contributed by atoms with Gasteiger partial charge in [0.15, 0.2) is 5.60 Å². The summed E-state index contributed by atoms with van der Waals surface area (Å²) in [5, 5.41) is 20.3. The summed E-state index contributed by atoms with van der Waals surface area (Å²) >= 11 is 0. The number of aromatic nitrogens is 2. The van der Waals surface area contributed by atoms with Crippen molar-refractivity contribution in [2.75, 3.05) is 19.9 Å². The number of nitrogens with zero attached hydrogens (tertiary/aromatic N) is 3. The molecule has 5 atom stereocenters. The molecule has 4 N–H and O–H groups in total. The average Bonchev–Trinajstić information content (AvgIpc) is 3.87. The number of ether oxygens (including phenoxy) is 2. The molecule has 16 nitrogen and oxygen atoms in total. The average molecular weight is 1000 g/mol. The van der Waals surface area contributed by atoms with Crippen LogP contribution in [-0.4, -0.2) is 87.0 Å². The number of benzene rings is 1. The van der Waals surface area contributed by atoms with Gasteiger partial charge in [0.05, 0.1) is 34.9 Å². The van der Waals surface area contributed by atoms with Crippen LogP contribution in [0.4, 0.5) is 4.39 Å². The van der Waals surface area contributed by atoms with Gasteiger partial charge in [0.2, 0.25) is 29.5 Å². The third-order valence-corrected chi connectivity index (χ3v) is 15.6. The zero-order chi connectivity index (χ0) is 52.7. The number of carbonyl (C=O) groups excluding carboxylic acids is 6. The summed E-state index contributed by atoms with van der Waals surface area (Å²) < 4.78 is 28.1. The summed E-state index contributed by atoms with van der Waals surface area (Å²) in [5.41, 5.74) is 2.51. The van der Waals surface area contributed by atoms with E-state index in [1.165, 1.54) is 11.0 Å². The van der Waals surface area contributed by atoms with Crippen LogP contribution in [0.15, 0.2) is 16.9 Å². The van der Waals surface area contributed by atoms with Crippen LogP contribution < -0.4 is 21.5 Å². The van der Waals surface area contributed by atoms with Crippen LogP contribution >= 0.6 is 0 Å². The number of aryl methyl sites for hydroxylation is 2. The molecule has 0 bridgehead atoms. The van der Waals surface area contributed by atoms with E-state index in [0.29, 0.717) is 80.6 Å². The molecule has 0 aliphatic carbocycles. The standard InChI is InChI=1S/C55H77FN6O10/c1-10-14-18-23-54(9,12-3)40-27-45(64)61(52(40)68)24-19-15-16-22-44(63)60-47(32(5)6)50(66)58-34(8)49(65)57-31-71-25-20-17-21-36-33(7)41(56)28-42-46(36)35(11-2)37-29-62-43(48(37)59-42)26-39-38(51(62)67)30-72-53(69)55(39,70)13-4/h26,28,32,34,40,47,70H,10-25,27,29-31H2,1-9H3,(H,57,65)(H,58,66)(H,60,63)/t34-,40?,47-,54?,55-/m0/s1. The van der Waals surface area contributed by atoms with Crippen LogP contribution in [0.3, 0.4) is 0 Å². The second-order valence-corrected chi connectivity index (χ2v) is 20.7. The predicted molar refractivity (Wildman–Crippen MR) is 271 cm³/mol. The van der Waals surface area contributed by atoms with Crippen molar-refractivity contribution in [1.82, 2.24) is 30.4 Å². The SMILES string of the molecule is CCCCCC(C)(CC)C1CC(=O)N(CCCCCC(=O)N[C@H](C(=O)N[C@@H](C)C(=O)NCOCCCCc2c(C)c(F)cc3nc4c(c(CC)c23)Cn2c-4cc3c(c2=O)COC(=O)[C@]3(O)CC)C(C)C)C1=O. The van der Waals surface area contributed by atoms with E-state index in [9.17, 15) is 38.7 Å². The molecule has 2 aromatic heterocycles. The Morgan fingerprint density at radius 3 is 2.39 bits per heavy atom. The molecule has 0 saturated carbocycles. The Kier molecular flexibility index (Phi) is 18.6. The smallest absolute Gasteiger partial charge is 0.343 e. The molecule has 5 heterocycles. The highest BCUT2D eigenvalue weighted by atomic mass is 19.1. The molecule has 5 amide bonds. The maximum absolute atomic E-state index is 15.6.